The molecule has 0 radical (unpaired) electrons. The molecule has 1 aromatic heterocycles. The number of thiophene rings is 1. The first-order chi connectivity index (χ1) is 35.0. The number of ether oxygens (including phenoxy) is 1. The normalized spacial score (nSPS) is 20.7. The lowest BCUT2D eigenvalue weighted by atomic mass is 9.85. The molecule has 0 saturated carbocycles. The van der Waals surface area contributed by atoms with Gasteiger partial charge < -0.3 is 35.0 Å². The highest BCUT2D eigenvalue weighted by atomic mass is 32.1. The minimum atomic E-state index is -5.86. The van der Waals surface area contributed by atoms with Crippen LogP contribution in [0.4, 0.5) is 8.78 Å². The van der Waals surface area contributed by atoms with Crippen LogP contribution in [0.1, 0.15) is 119 Å². The van der Waals surface area contributed by atoms with Crippen molar-refractivity contribution in [2.24, 2.45) is 5.41 Å². The minimum absolute atomic E-state index is 0.00562. The molecule has 2 unspecified atom stereocenters. The number of fused-ring (bicyclic) bond motifs is 2. The number of piperidine rings is 2. The van der Waals surface area contributed by atoms with Gasteiger partial charge in [-0.15, -0.1) is 11.3 Å². The standard InChI is InChI=1S/C52H55F2N6O12PS/c1-51(2,3)44(57-46(64)41-25-33-24-34(16-19-40(33)74-41)52(53,54)73(69,70)71)50(68)59-28-35(26-39(59)49(67)58-22-10-14-32(27-58)31-12-7-4-8-13-31)72-29-43(62)55-21-9-5-6-11-30-15-17-36-37(23-30)48(66)60(47(36)65)38-18-20-42(61)56-45(38)63/h4,7-8,12-13,15-17,19,23-25,32,35,38-39,44H,5,9-10,14,18,20-22,26-29H2,1-3H3,(H,55,62)(H,57,64)(H,56,61,63)(H2,69,70,71)/t32?,35-,38?,39-,44+/m0/s1. The van der Waals surface area contributed by atoms with Gasteiger partial charge in [-0.2, -0.15) is 8.78 Å². The summed E-state index contributed by atoms with van der Waals surface area (Å²) in [5, 5.41) is 7.90. The monoisotopic (exact) mass is 1060 g/mol. The molecule has 8 rings (SSSR count). The molecular formula is C52H55F2N6O12PS. The Balaban J connectivity index is 0.899. The van der Waals surface area contributed by atoms with Crippen molar-refractivity contribution in [1.29, 1.82) is 0 Å². The molecule has 4 aromatic rings. The number of amides is 8. The third kappa shape index (κ3) is 11.5. The van der Waals surface area contributed by atoms with Gasteiger partial charge in [0, 0.05) is 67.2 Å². The maximum absolute atomic E-state index is 14.8. The van der Waals surface area contributed by atoms with E-state index in [1.54, 1.807) is 31.7 Å². The maximum atomic E-state index is 14.8. The van der Waals surface area contributed by atoms with E-state index in [4.69, 9.17) is 4.74 Å². The second-order valence-electron chi connectivity index (χ2n) is 19.9. The highest BCUT2D eigenvalue weighted by molar-refractivity contribution is 7.52. The van der Waals surface area contributed by atoms with E-state index in [1.165, 1.54) is 29.2 Å². The van der Waals surface area contributed by atoms with Gasteiger partial charge in [0.15, 0.2) is 0 Å². The summed E-state index contributed by atoms with van der Waals surface area (Å²) in [4.78, 5) is 129. The predicted molar refractivity (Wildman–Crippen MR) is 266 cm³/mol. The third-order valence-corrected chi connectivity index (χ3v) is 15.7. The number of nitrogens with one attached hydrogen (secondary N) is 3. The molecule has 5 heterocycles. The Morgan fingerprint density at radius 2 is 1.69 bits per heavy atom. The summed E-state index contributed by atoms with van der Waals surface area (Å²) in [5.74, 6) is 1.56. The summed E-state index contributed by atoms with van der Waals surface area (Å²) in [6.45, 7) is 5.87. The first kappa shape index (κ1) is 53.6. The highest BCUT2D eigenvalue weighted by Gasteiger charge is 2.51. The number of hydrogen-bond acceptors (Lipinski definition) is 11. The van der Waals surface area contributed by atoms with Gasteiger partial charge in [0.2, 0.25) is 29.5 Å². The van der Waals surface area contributed by atoms with Crippen LogP contribution in [-0.2, 0) is 38.9 Å². The molecule has 5 N–H and O–H groups in total. The minimum Gasteiger partial charge on any atom is -0.366 e. The molecule has 22 heteroatoms. The molecule has 0 bridgehead atoms. The zero-order chi connectivity index (χ0) is 53.3. The van der Waals surface area contributed by atoms with Crippen LogP contribution >= 0.6 is 18.9 Å². The van der Waals surface area contributed by atoms with Gasteiger partial charge >= 0.3 is 13.3 Å². The van der Waals surface area contributed by atoms with Crippen LogP contribution in [0.25, 0.3) is 10.1 Å². The molecule has 0 aliphatic carbocycles. The van der Waals surface area contributed by atoms with Crippen LogP contribution in [0, 0.1) is 17.3 Å². The summed E-state index contributed by atoms with van der Waals surface area (Å²) in [6, 6.07) is 15.4. The lowest BCUT2D eigenvalue weighted by molar-refractivity contribution is -0.147. The summed E-state index contributed by atoms with van der Waals surface area (Å²) in [7, 11) is -5.86. The molecule has 5 atom stereocenters. The average molecular weight is 1060 g/mol. The Labute approximate surface area is 428 Å². The quantitative estimate of drug-likeness (QED) is 0.0484. The fourth-order valence-electron chi connectivity index (χ4n) is 9.67. The van der Waals surface area contributed by atoms with E-state index in [9.17, 15) is 61.5 Å². The number of alkyl halides is 2. The van der Waals surface area contributed by atoms with Gasteiger partial charge in [0.1, 0.15) is 24.7 Å². The van der Waals surface area contributed by atoms with Gasteiger partial charge in [-0.25, -0.2) is 0 Å². The zero-order valence-electron chi connectivity index (χ0n) is 40.7. The largest absolute Gasteiger partial charge is 0.399 e. The van der Waals surface area contributed by atoms with Crippen LogP contribution in [-0.4, -0.2) is 129 Å². The molecule has 3 fully saturated rings. The molecule has 4 aliphatic rings. The predicted octanol–water partition coefficient (Wildman–Crippen LogP) is 5.01. The average Bonchev–Trinajstić information content (AvgIpc) is 4.06. The van der Waals surface area contributed by atoms with Gasteiger partial charge in [0.25, 0.3) is 17.7 Å². The van der Waals surface area contributed by atoms with Gasteiger partial charge in [-0.3, -0.25) is 53.1 Å². The molecule has 3 saturated heterocycles. The van der Waals surface area contributed by atoms with Crippen molar-refractivity contribution < 1.29 is 66.2 Å². The van der Waals surface area contributed by atoms with Crippen molar-refractivity contribution in [3.8, 4) is 11.8 Å². The number of halogens is 2. The number of benzene rings is 3. The SMILES string of the molecule is CC(C)(C)[C@H](NC(=O)c1cc2cc(C(F)(F)P(=O)(O)O)ccc2s1)C(=O)N1C[C@@H](OCC(=O)NCCCC#Cc2ccc3c(c2)C(=O)N(C2CCC(=O)NC2=O)C3=O)C[C@H]1C(=O)N1CCCC(c2ccccc2)C1. The number of unbranched alkanes of at least 4 members (excludes halogenated alkanes) is 1. The van der Waals surface area contributed by atoms with Gasteiger partial charge in [-0.05, 0) is 78.4 Å². The van der Waals surface area contributed by atoms with E-state index >= 15 is 0 Å². The van der Waals surface area contributed by atoms with Crippen LogP contribution in [0.5, 0.6) is 0 Å². The Hall–Kier alpha value is -6.69. The van der Waals surface area contributed by atoms with Crippen LogP contribution in [0.3, 0.4) is 0 Å². The first-order valence-electron chi connectivity index (χ1n) is 24.2. The Bertz CT molecular complexity index is 3040. The van der Waals surface area contributed by atoms with E-state index in [0.717, 1.165) is 46.8 Å². The van der Waals surface area contributed by atoms with Crippen molar-refractivity contribution in [3.63, 3.8) is 0 Å². The molecular weight excluding hydrogens is 1000 g/mol. The molecule has 74 heavy (non-hydrogen) atoms. The third-order valence-electron chi connectivity index (χ3n) is 13.6. The fourth-order valence-corrected chi connectivity index (χ4v) is 11.1. The number of carbonyl (C=O) groups excluding carboxylic acids is 8. The van der Waals surface area contributed by atoms with E-state index < -0.39 is 89.8 Å². The topological polar surface area (TPSA) is 249 Å². The molecule has 18 nitrogen and oxygen atoms in total. The van der Waals surface area contributed by atoms with E-state index in [-0.39, 0.29) is 72.2 Å². The number of imide groups is 2. The Morgan fingerprint density at radius 3 is 2.41 bits per heavy atom. The molecule has 0 spiro atoms. The number of nitrogens with zero attached hydrogens (tertiary/aromatic N) is 3. The smallest absolute Gasteiger partial charge is 0.366 e. The van der Waals surface area contributed by atoms with Crippen LogP contribution < -0.4 is 16.0 Å². The number of rotatable bonds is 14. The molecule has 390 valence electrons. The summed E-state index contributed by atoms with van der Waals surface area (Å²) in [6.07, 6.45) is 1.77. The fraction of sp³-hybridized carbons (Fsp3) is 0.423. The highest BCUT2D eigenvalue weighted by Crippen LogP contribution is 2.59. The molecule has 4 aliphatic heterocycles. The number of likely N-dealkylation sites (tertiary alicyclic amines) is 2. The van der Waals surface area contributed by atoms with Crippen LogP contribution in [0.15, 0.2) is 72.8 Å². The van der Waals surface area contributed by atoms with Crippen molar-refractivity contribution in [1.82, 2.24) is 30.7 Å². The van der Waals surface area contributed by atoms with Crippen molar-refractivity contribution >= 4 is 76.3 Å². The summed E-state index contributed by atoms with van der Waals surface area (Å²) < 4.78 is 47.2. The molecule has 3 aromatic carbocycles. The van der Waals surface area contributed by atoms with Crippen molar-refractivity contribution in [2.75, 3.05) is 32.8 Å². The van der Waals surface area contributed by atoms with Crippen LogP contribution in [0.2, 0.25) is 0 Å². The second-order valence-corrected chi connectivity index (χ2v) is 22.6. The Kier molecular flexibility index (Phi) is 15.7. The second kappa shape index (κ2) is 21.6. The van der Waals surface area contributed by atoms with E-state index in [0.29, 0.717) is 36.2 Å². The lowest BCUT2D eigenvalue weighted by Gasteiger charge is -2.38. The van der Waals surface area contributed by atoms with Gasteiger partial charge in [-0.1, -0.05) is 69.0 Å². The number of hydrogen-bond donors (Lipinski definition) is 5. The van der Waals surface area contributed by atoms with E-state index in [1.807, 2.05) is 30.3 Å². The molecule has 8 amide bonds. The Morgan fingerprint density at radius 1 is 0.946 bits per heavy atom. The summed E-state index contributed by atoms with van der Waals surface area (Å²) in [5.41, 5.74) is -4.51. The lowest BCUT2D eigenvalue weighted by Crippen LogP contribution is -2.58. The summed E-state index contributed by atoms with van der Waals surface area (Å²) >= 11 is 0.938. The van der Waals surface area contributed by atoms with Gasteiger partial charge in [0.05, 0.1) is 22.1 Å². The number of carbonyl (C=O) groups is 8. The maximum Gasteiger partial charge on any atom is 0.399 e. The zero-order valence-corrected chi connectivity index (χ0v) is 42.4. The van der Waals surface area contributed by atoms with E-state index in [2.05, 4.69) is 27.8 Å². The first-order valence-corrected chi connectivity index (χ1v) is 26.6. The van der Waals surface area contributed by atoms with Crippen molar-refractivity contribution in [2.45, 2.75) is 102 Å². The van der Waals surface area contributed by atoms with Crippen molar-refractivity contribution in [3.05, 3.63) is 105 Å².